The summed E-state index contributed by atoms with van der Waals surface area (Å²) in [6.07, 6.45) is -3.09. The van der Waals surface area contributed by atoms with Gasteiger partial charge in [0, 0.05) is 32.2 Å². The van der Waals surface area contributed by atoms with Crippen LogP contribution in [-0.4, -0.2) is 51.3 Å². The molecular weight excluding hydrogens is 403 g/mol. The number of halogens is 3. The summed E-state index contributed by atoms with van der Waals surface area (Å²) in [5.74, 6) is -0.728. The lowest BCUT2D eigenvalue weighted by Crippen LogP contribution is -2.49. The zero-order chi connectivity index (χ0) is 21.5. The molecule has 0 radical (unpaired) electrons. The average Bonchev–Trinajstić information content (AvgIpc) is 3.12. The van der Waals surface area contributed by atoms with Crippen molar-refractivity contribution in [2.75, 3.05) is 31.1 Å². The molecule has 0 spiro atoms. The van der Waals surface area contributed by atoms with Crippen LogP contribution in [0.4, 0.5) is 24.8 Å². The highest BCUT2D eigenvalue weighted by Gasteiger charge is 2.37. The maximum absolute atomic E-state index is 13.2. The highest BCUT2D eigenvalue weighted by atomic mass is 19.4. The fourth-order valence-electron chi connectivity index (χ4n) is 3.56. The largest absolute Gasteiger partial charge is 0.417 e. The fraction of sp³-hybridized carbons (Fsp3) is 0.263. The molecule has 0 atom stereocenters. The number of amides is 1. The molecule has 2 aromatic heterocycles. The minimum atomic E-state index is -4.63. The van der Waals surface area contributed by atoms with E-state index in [2.05, 4.69) is 4.98 Å². The van der Waals surface area contributed by atoms with Gasteiger partial charge >= 0.3 is 12.0 Å². The van der Waals surface area contributed by atoms with Gasteiger partial charge in [0.2, 0.25) is 11.5 Å². The summed E-state index contributed by atoms with van der Waals surface area (Å²) in [5.41, 5.74) is -0.970. The van der Waals surface area contributed by atoms with Crippen LogP contribution in [0.1, 0.15) is 15.9 Å². The number of benzene rings is 1. The summed E-state index contributed by atoms with van der Waals surface area (Å²) in [4.78, 5) is 31.1. The number of hydrogen-bond donors (Lipinski definition) is 0. The summed E-state index contributed by atoms with van der Waals surface area (Å²) < 4.78 is 41.0. The molecule has 30 heavy (non-hydrogen) atoms. The number of nitro groups is 1. The topological polar surface area (TPSA) is 84.0 Å². The molecule has 0 unspecified atom stereocenters. The lowest BCUT2D eigenvalue weighted by Gasteiger charge is -2.34. The molecule has 1 amide bonds. The number of rotatable bonds is 3. The normalized spacial score (nSPS) is 14.9. The van der Waals surface area contributed by atoms with Gasteiger partial charge in [0.1, 0.15) is 0 Å². The molecule has 0 aliphatic carbocycles. The van der Waals surface area contributed by atoms with Crippen molar-refractivity contribution in [3.05, 3.63) is 69.9 Å². The van der Waals surface area contributed by atoms with Crippen molar-refractivity contribution in [2.45, 2.75) is 6.18 Å². The number of hydrogen-bond acceptors (Lipinski definition) is 5. The third-order valence-electron chi connectivity index (χ3n) is 4.99. The van der Waals surface area contributed by atoms with Crippen LogP contribution < -0.4 is 4.90 Å². The van der Waals surface area contributed by atoms with E-state index >= 15 is 0 Å². The van der Waals surface area contributed by atoms with Gasteiger partial charge in [-0.1, -0.05) is 18.2 Å². The highest BCUT2D eigenvalue weighted by Crippen LogP contribution is 2.33. The molecule has 3 aromatic rings. The van der Waals surface area contributed by atoms with Crippen molar-refractivity contribution >= 4 is 23.2 Å². The maximum Gasteiger partial charge on any atom is 0.417 e. The van der Waals surface area contributed by atoms with Crippen LogP contribution >= 0.6 is 0 Å². The molecule has 1 aliphatic heterocycles. The summed E-state index contributed by atoms with van der Waals surface area (Å²) in [6.45, 7) is 0.668. The lowest BCUT2D eigenvalue weighted by atomic mass is 10.1. The number of carbonyl (C=O) groups excluding carboxylic acids is 1. The van der Waals surface area contributed by atoms with Crippen LogP contribution in [0.2, 0.25) is 0 Å². The number of fused-ring (bicyclic) bond motifs is 1. The molecule has 0 N–H and O–H groups in total. The van der Waals surface area contributed by atoms with Gasteiger partial charge in [0.15, 0.2) is 0 Å². The molecule has 4 rings (SSSR count). The average molecular weight is 419 g/mol. The predicted molar refractivity (Wildman–Crippen MR) is 101 cm³/mol. The Morgan fingerprint density at radius 1 is 1.03 bits per heavy atom. The molecule has 1 saturated heterocycles. The summed E-state index contributed by atoms with van der Waals surface area (Å²) in [6, 6.07) is 9.67. The minimum Gasteiger partial charge on any atom is -0.358 e. The second kappa shape index (κ2) is 7.32. The van der Waals surface area contributed by atoms with Crippen molar-refractivity contribution in [1.29, 1.82) is 0 Å². The smallest absolute Gasteiger partial charge is 0.358 e. The van der Waals surface area contributed by atoms with Gasteiger partial charge in [-0.25, -0.2) is 0 Å². The van der Waals surface area contributed by atoms with E-state index in [1.54, 1.807) is 23.1 Å². The zero-order valence-electron chi connectivity index (χ0n) is 15.5. The Balaban J connectivity index is 1.56. The molecule has 1 aromatic carbocycles. The van der Waals surface area contributed by atoms with E-state index in [-0.39, 0.29) is 37.8 Å². The van der Waals surface area contributed by atoms with Crippen LogP contribution in [0.5, 0.6) is 0 Å². The SMILES string of the molecule is O=C(c1ccccc1C(F)(F)F)N1CCN(c2nc3ccccn3c2[N+](=O)[O-])CC1. The van der Waals surface area contributed by atoms with Gasteiger partial charge < -0.3 is 19.9 Å². The number of nitrogens with zero attached hydrogens (tertiary/aromatic N) is 5. The number of aromatic nitrogens is 2. The summed E-state index contributed by atoms with van der Waals surface area (Å²) >= 11 is 0. The first kappa shape index (κ1) is 19.7. The third kappa shape index (κ3) is 3.42. The molecular formula is C19H16F3N5O3. The van der Waals surface area contributed by atoms with E-state index in [1.165, 1.54) is 27.6 Å². The number of carbonyl (C=O) groups is 1. The zero-order valence-corrected chi connectivity index (χ0v) is 15.5. The van der Waals surface area contributed by atoms with Crippen LogP contribution in [0.25, 0.3) is 5.65 Å². The van der Waals surface area contributed by atoms with Crippen molar-refractivity contribution < 1.29 is 22.9 Å². The number of imidazole rings is 1. The van der Waals surface area contributed by atoms with Gasteiger partial charge in [-0.3, -0.25) is 4.79 Å². The Bertz CT molecular complexity index is 1120. The van der Waals surface area contributed by atoms with Crippen molar-refractivity contribution in [2.24, 2.45) is 0 Å². The first-order valence-corrected chi connectivity index (χ1v) is 9.09. The predicted octanol–water partition coefficient (Wildman–Crippen LogP) is 3.22. The number of alkyl halides is 3. The van der Waals surface area contributed by atoms with E-state index < -0.39 is 28.1 Å². The van der Waals surface area contributed by atoms with Crippen LogP contribution in [0.3, 0.4) is 0 Å². The Labute approximate surface area is 168 Å². The third-order valence-corrected chi connectivity index (χ3v) is 4.99. The van der Waals surface area contributed by atoms with Gasteiger partial charge in [0.05, 0.1) is 17.3 Å². The maximum atomic E-state index is 13.2. The van der Waals surface area contributed by atoms with E-state index in [0.29, 0.717) is 5.65 Å². The first-order chi connectivity index (χ1) is 14.3. The second-order valence-corrected chi connectivity index (χ2v) is 6.77. The number of pyridine rings is 1. The molecule has 11 heteroatoms. The van der Waals surface area contributed by atoms with Gasteiger partial charge in [-0.2, -0.15) is 22.6 Å². The molecule has 1 aliphatic rings. The molecule has 8 nitrogen and oxygen atoms in total. The minimum absolute atomic E-state index is 0.121. The summed E-state index contributed by atoms with van der Waals surface area (Å²) in [5, 5.41) is 11.6. The molecule has 0 saturated carbocycles. The lowest BCUT2D eigenvalue weighted by molar-refractivity contribution is -0.389. The van der Waals surface area contributed by atoms with Crippen LogP contribution in [0, 0.1) is 10.1 Å². The fourth-order valence-corrected chi connectivity index (χ4v) is 3.56. The standard InChI is InChI=1S/C19H16F3N5O3/c20-19(21,22)14-6-2-1-5-13(14)18(28)25-11-9-24(10-12-25)16-17(27(29)30)26-8-4-3-7-15(26)23-16/h1-8H,9-12H2. The number of anilines is 1. The van der Waals surface area contributed by atoms with E-state index in [9.17, 15) is 28.1 Å². The molecule has 3 heterocycles. The van der Waals surface area contributed by atoms with Gasteiger partial charge in [0.25, 0.3) is 5.91 Å². The highest BCUT2D eigenvalue weighted by molar-refractivity contribution is 5.96. The van der Waals surface area contributed by atoms with Gasteiger partial charge in [-0.05, 0) is 23.1 Å². The Kier molecular flexibility index (Phi) is 4.80. The van der Waals surface area contributed by atoms with Crippen molar-refractivity contribution in [3.63, 3.8) is 0 Å². The van der Waals surface area contributed by atoms with E-state index in [0.717, 1.165) is 12.1 Å². The summed E-state index contributed by atoms with van der Waals surface area (Å²) in [7, 11) is 0. The Morgan fingerprint density at radius 3 is 2.37 bits per heavy atom. The van der Waals surface area contributed by atoms with Crippen molar-refractivity contribution in [3.8, 4) is 0 Å². The first-order valence-electron chi connectivity index (χ1n) is 9.09. The Hall–Kier alpha value is -3.63. The van der Waals surface area contributed by atoms with Crippen LogP contribution in [0.15, 0.2) is 48.7 Å². The molecule has 1 fully saturated rings. The monoisotopic (exact) mass is 419 g/mol. The number of piperazine rings is 1. The van der Waals surface area contributed by atoms with Crippen LogP contribution in [-0.2, 0) is 6.18 Å². The molecule has 156 valence electrons. The van der Waals surface area contributed by atoms with Crippen molar-refractivity contribution in [1.82, 2.24) is 14.3 Å². The van der Waals surface area contributed by atoms with E-state index in [1.807, 2.05) is 0 Å². The second-order valence-electron chi connectivity index (χ2n) is 6.77. The Morgan fingerprint density at radius 2 is 1.70 bits per heavy atom. The molecule has 0 bridgehead atoms. The quantitative estimate of drug-likeness (QED) is 0.481. The van der Waals surface area contributed by atoms with E-state index in [4.69, 9.17) is 0 Å². The van der Waals surface area contributed by atoms with Gasteiger partial charge in [-0.15, -0.1) is 0 Å².